The molecule has 5 nitrogen and oxygen atoms in total. The highest BCUT2D eigenvalue weighted by Crippen LogP contribution is 2.15. The summed E-state index contributed by atoms with van der Waals surface area (Å²) in [7, 11) is 0. The van der Waals surface area contributed by atoms with E-state index < -0.39 is 0 Å². The third kappa shape index (κ3) is 3.29. The summed E-state index contributed by atoms with van der Waals surface area (Å²) in [6, 6.07) is 0. The van der Waals surface area contributed by atoms with Gasteiger partial charge >= 0.3 is 0 Å². The van der Waals surface area contributed by atoms with Gasteiger partial charge in [0.1, 0.15) is 11.8 Å². The average molecular weight is 283 g/mol. The van der Waals surface area contributed by atoms with Crippen LogP contribution in [0.3, 0.4) is 0 Å². The lowest BCUT2D eigenvalue weighted by Gasteiger charge is -2.03. The Bertz CT molecular complexity index is 499. The Morgan fingerprint density at radius 3 is 2.94 bits per heavy atom. The molecule has 7 heteroatoms. The van der Waals surface area contributed by atoms with Crippen LogP contribution in [-0.4, -0.2) is 43.0 Å². The largest absolute Gasteiger partial charge is 0.382 e. The van der Waals surface area contributed by atoms with Gasteiger partial charge in [0.05, 0.1) is 6.33 Å². The molecule has 0 bridgehead atoms. The highest BCUT2D eigenvalue weighted by Gasteiger charge is 2.06. The van der Waals surface area contributed by atoms with Crippen molar-refractivity contribution < 1.29 is 0 Å². The zero-order valence-electron chi connectivity index (χ0n) is 10.4. The summed E-state index contributed by atoms with van der Waals surface area (Å²) in [6.45, 7) is 0.930. The predicted molar refractivity (Wildman–Crippen MR) is 80.1 cm³/mol. The standard InChI is InChI=1S/C11H17N5S2/c1-17-5-6-18-4-2-3-16-8-15-9-10(12)13-7-14-11(9)16/h7-8H,2-6H2,1H3,(H2,12,13,14). The van der Waals surface area contributed by atoms with Gasteiger partial charge in [-0.1, -0.05) is 0 Å². The van der Waals surface area contributed by atoms with Crippen LogP contribution in [0.15, 0.2) is 12.7 Å². The lowest BCUT2D eigenvalue weighted by molar-refractivity contribution is 0.696. The molecule has 0 fully saturated rings. The van der Waals surface area contributed by atoms with Crippen LogP contribution >= 0.6 is 23.5 Å². The van der Waals surface area contributed by atoms with Crippen LogP contribution in [0.25, 0.3) is 11.2 Å². The fourth-order valence-corrected chi connectivity index (χ4v) is 3.32. The molecule has 2 rings (SSSR count). The summed E-state index contributed by atoms with van der Waals surface area (Å²) in [4.78, 5) is 12.4. The van der Waals surface area contributed by atoms with Crippen LogP contribution in [0.1, 0.15) is 6.42 Å². The minimum atomic E-state index is 0.452. The fraction of sp³-hybridized carbons (Fsp3) is 0.545. The molecule has 2 N–H and O–H groups in total. The maximum absolute atomic E-state index is 5.75. The Kier molecular flexibility index (Phi) is 5.12. The van der Waals surface area contributed by atoms with E-state index in [0.717, 1.165) is 18.6 Å². The van der Waals surface area contributed by atoms with E-state index in [4.69, 9.17) is 5.73 Å². The molecule has 0 saturated carbocycles. The smallest absolute Gasteiger partial charge is 0.165 e. The van der Waals surface area contributed by atoms with Crippen molar-refractivity contribution in [3.8, 4) is 0 Å². The third-order valence-electron chi connectivity index (χ3n) is 2.55. The van der Waals surface area contributed by atoms with E-state index in [0.29, 0.717) is 11.3 Å². The number of aryl methyl sites for hydroxylation is 1. The molecule has 0 aliphatic heterocycles. The van der Waals surface area contributed by atoms with E-state index in [1.807, 2.05) is 28.1 Å². The van der Waals surface area contributed by atoms with Gasteiger partial charge in [-0.05, 0) is 18.4 Å². The second-order valence-corrected chi connectivity index (χ2v) is 6.04. The number of nitrogen functional groups attached to an aromatic ring is 1. The molecule has 0 aliphatic carbocycles. The molecule has 2 aromatic heterocycles. The van der Waals surface area contributed by atoms with Gasteiger partial charge in [-0.25, -0.2) is 15.0 Å². The highest BCUT2D eigenvalue weighted by atomic mass is 32.2. The third-order valence-corrected chi connectivity index (χ3v) is 4.49. The van der Waals surface area contributed by atoms with Crippen molar-refractivity contribution in [2.75, 3.05) is 29.2 Å². The van der Waals surface area contributed by atoms with E-state index in [-0.39, 0.29) is 0 Å². The number of thioether (sulfide) groups is 2. The Morgan fingerprint density at radius 1 is 1.22 bits per heavy atom. The van der Waals surface area contributed by atoms with E-state index in [1.165, 1.54) is 23.6 Å². The molecule has 0 atom stereocenters. The molecule has 0 spiro atoms. The normalized spacial score (nSPS) is 11.2. The zero-order chi connectivity index (χ0) is 12.8. The van der Waals surface area contributed by atoms with Crippen molar-refractivity contribution in [1.29, 1.82) is 0 Å². The molecular formula is C11H17N5S2. The summed E-state index contributed by atoms with van der Waals surface area (Å²) in [5, 5.41) is 0. The number of nitrogens with two attached hydrogens (primary N) is 1. The molecule has 0 saturated heterocycles. The second-order valence-electron chi connectivity index (χ2n) is 3.83. The number of imidazole rings is 1. The van der Waals surface area contributed by atoms with Crippen molar-refractivity contribution in [2.45, 2.75) is 13.0 Å². The number of fused-ring (bicyclic) bond motifs is 1. The van der Waals surface area contributed by atoms with Crippen molar-refractivity contribution in [2.24, 2.45) is 0 Å². The minimum absolute atomic E-state index is 0.452. The number of nitrogens with zero attached hydrogens (tertiary/aromatic N) is 4. The van der Waals surface area contributed by atoms with Gasteiger partial charge < -0.3 is 10.3 Å². The molecule has 2 aromatic rings. The van der Waals surface area contributed by atoms with Crippen LogP contribution in [0.2, 0.25) is 0 Å². The van der Waals surface area contributed by atoms with Gasteiger partial charge in [0.15, 0.2) is 11.5 Å². The molecular weight excluding hydrogens is 266 g/mol. The molecule has 0 aromatic carbocycles. The quantitative estimate of drug-likeness (QED) is 0.783. The number of hydrogen-bond acceptors (Lipinski definition) is 6. The Labute approximate surface area is 115 Å². The summed E-state index contributed by atoms with van der Waals surface area (Å²) >= 11 is 3.89. The molecule has 0 aliphatic rings. The Morgan fingerprint density at radius 2 is 2.11 bits per heavy atom. The molecule has 0 unspecified atom stereocenters. The number of anilines is 1. The van der Waals surface area contributed by atoms with Crippen LogP contribution in [0.5, 0.6) is 0 Å². The average Bonchev–Trinajstić information content (AvgIpc) is 2.79. The van der Waals surface area contributed by atoms with Crippen LogP contribution in [0.4, 0.5) is 5.82 Å². The second kappa shape index (κ2) is 6.84. The van der Waals surface area contributed by atoms with E-state index >= 15 is 0 Å². The molecule has 2 heterocycles. The maximum Gasteiger partial charge on any atom is 0.165 e. The molecule has 0 radical (unpaired) electrons. The van der Waals surface area contributed by atoms with Crippen molar-refractivity contribution >= 4 is 40.5 Å². The van der Waals surface area contributed by atoms with Crippen LogP contribution < -0.4 is 5.73 Å². The van der Waals surface area contributed by atoms with E-state index in [2.05, 4.69) is 21.2 Å². The molecule has 0 amide bonds. The summed E-state index contributed by atoms with van der Waals surface area (Å²) in [6.07, 6.45) is 6.54. The van der Waals surface area contributed by atoms with Gasteiger partial charge in [0.2, 0.25) is 0 Å². The first-order chi connectivity index (χ1) is 8.83. The first kappa shape index (κ1) is 13.5. The molecule has 18 heavy (non-hydrogen) atoms. The van der Waals surface area contributed by atoms with Crippen LogP contribution in [-0.2, 0) is 6.54 Å². The van der Waals surface area contributed by atoms with Gasteiger partial charge in [-0.15, -0.1) is 0 Å². The van der Waals surface area contributed by atoms with Gasteiger partial charge in [0, 0.05) is 18.1 Å². The van der Waals surface area contributed by atoms with E-state index in [9.17, 15) is 0 Å². The van der Waals surface area contributed by atoms with E-state index in [1.54, 1.807) is 6.33 Å². The first-order valence-corrected chi connectivity index (χ1v) is 8.35. The summed E-state index contributed by atoms with van der Waals surface area (Å²) < 4.78 is 2.04. The highest BCUT2D eigenvalue weighted by molar-refractivity contribution is 8.02. The van der Waals surface area contributed by atoms with Gasteiger partial charge in [0.25, 0.3) is 0 Å². The maximum atomic E-state index is 5.75. The lowest BCUT2D eigenvalue weighted by atomic mass is 10.4. The van der Waals surface area contributed by atoms with Crippen molar-refractivity contribution in [3.63, 3.8) is 0 Å². The summed E-state index contributed by atoms with van der Waals surface area (Å²) in [5.41, 5.74) is 7.28. The number of hydrogen-bond donors (Lipinski definition) is 1. The predicted octanol–water partition coefficient (Wildman–Crippen LogP) is 1.89. The van der Waals surface area contributed by atoms with Gasteiger partial charge in [-0.2, -0.15) is 23.5 Å². The monoisotopic (exact) mass is 283 g/mol. The topological polar surface area (TPSA) is 69.6 Å². The number of aromatic nitrogens is 4. The SMILES string of the molecule is CSCCSCCCn1cnc2c(N)ncnc21. The van der Waals surface area contributed by atoms with Crippen molar-refractivity contribution in [3.05, 3.63) is 12.7 Å². The van der Waals surface area contributed by atoms with Gasteiger partial charge in [-0.3, -0.25) is 0 Å². The molecule has 98 valence electrons. The number of rotatable bonds is 7. The fourth-order valence-electron chi connectivity index (χ4n) is 1.64. The lowest BCUT2D eigenvalue weighted by Crippen LogP contribution is -2.00. The van der Waals surface area contributed by atoms with Crippen LogP contribution in [0, 0.1) is 0 Å². The Balaban J connectivity index is 1.86. The minimum Gasteiger partial charge on any atom is -0.382 e. The first-order valence-electron chi connectivity index (χ1n) is 5.81. The van der Waals surface area contributed by atoms with Crippen molar-refractivity contribution in [1.82, 2.24) is 19.5 Å². The zero-order valence-corrected chi connectivity index (χ0v) is 12.0. The Hall–Kier alpha value is -0.950. The summed E-state index contributed by atoms with van der Waals surface area (Å²) in [5.74, 6) is 4.07.